The lowest BCUT2D eigenvalue weighted by Gasteiger charge is -2.08. The summed E-state index contributed by atoms with van der Waals surface area (Å²) in [6.07, 6.45) is 0. The Hall–Kier alpha value is -2.84. The number of nitrogens with zero attached hydrogens (tertiary/aromatic N) is 3. The second-order valence-electron chi connectivity index (χ2n) is 3.88. The molecular formula is C11H9F2N5O2. The summed E-state index contributed by atoms with van der Waals surface area (Å²) in [5.41, 5.74) is 5.20. The van der Waals surface area contributed by atoms with Gasteiger partial charge in [0.15, 0.2) is 11.6 Å². The van der Waals surface area contributed by atoms with Gasteiger partial charge in [0.2, 0.25) is 11.8 Å². The van der Waals surface area contributed by atoms with Crippen molar-refractivity contribution in [3.63, 3.8) is 0 Å². The van der Waals surface area contributed by atoms with E-state index in [2.05, 4.69) is 15.3 Å². The molecule has 1 aromatic carbocycles. The van der Waals surface area contributed by atoms with Gasteiger partial charge in [0.05, 0.1) is 4.92 Å². The number of nitrogens with two attached hydrogens (primary N) is 1. The number of benzene rings is 1. The lowest BCUT2D eigenvalue weighted by molar-refractivity contribution is -0.385. The number of nitro groups is 1. The Labute approximate surface area is 111 Å². The maximum absolute atomic E-state index is 13.1. The first-order valence-corrected chi connectivity index (χ1v) is 5.39. The Kier molecular flexibility index (Phi) is 3.42. The van der Waals surface area contributed by atoms with Crippen molar-refractivity contribution in [1.82, 2.24) is 9.97 Å². The van der Waals surface area contributed by atoms with Crippen molar-refractivity contribution in [2.75, 3.05) is 11.1 Å². The van der Waals surface area contributed by atoms with Gasteiger partial charge >= 0.3 is 5.69 Å². The van der Waals surface area contributed by atoms with Crippen LogP contribution in [0, 0.1) is 28.7 Å². The molecule has 2 rings (SSSR count). The molecule has 0 aliphatic rings. The van der Waals surface area contributed by atoms with Crippen molar-refractivity contribution in [2.45, 2.75) is 6.92 Å². The lowest BCUT2D eigenvalue weighted by Crippen LogP contribution is -2.07. The number of nitrogen functional groups attached to an aromatic ring is 1. The molecule has 1 heterocycles. The standard InChI is InChI=1S/C11H9F2N5O2/c1-5-9(18(19)20)10(17-11(14)15-5)16-6-2-3-7(12)8(13)4-6/h2-4H,1H3,(H3,14,15,16,17). The molecule has 0 saturated heterocycles. The maximum atomic E-state index is 13.1. The predicted molar refractivity (Wildman–Crippen MR) is 67.5 cm³/mol. The second kappa shape index (κ2) is 5.03. The van der Waals surface area contributed by atoms with Gasteiger partial charge in [-0.1, -0.05) is 0 Å². The molecule has 0 radical (unpaired) electrons. The molecule has 0 saturated carbocycles. The third-order valence-electron chi connectivity index (χ3n) is 2.44. The Morgan fingerprint density at radius 2 is 2.00 bits per heavy atom. The highest BCUT2D eigenvalue weighted by molar-refractivity contribution is 5.67. The number of rotatable bonds is 3. The van der Waals surface area contributed by atoms with Crippen molar-refractivity contribution in [1.29, 1.82) is 0 Å². The molecule has 0 aliphatic heterocycles. The highest BCUT2D eigenvalue weighted by Crippen LogP contribution is 2.29. The normalized spacial score (nSPS) is 10.3. The summed E-state index contributed by atoms with van der Waals surface area (Å²) in [5.74, 6) is -2.47. The van der Waals surface area contributed by atoms with E-state index in [1.165, 1.54) is 13.0 Å². The SMILES string of the molecule is Cc1nc(N)nc(Nc2ccc(F)c(F)c2)c1[N+](=O)[O-]. The minimum absolute atomic E-state index is 0.0626. The summed E-state index contributed by atoms with van der Waals surface area (Å²) >= 11 is 0. The maximum Gasteiger partial charge on any atom is 0.332 e. The van der Waals surface area contributed by atoms with Crippen molar-refractivity contribution in [2.24, 2.45) is 0 Å². The summed E-state index contributed by atoms with van der Waals surface area (Å²) in [5, 5.41) is 13.5. The van der Waals surface area contributed by atoms with Gasteiger partial charge < -0.3 is 11.1 Å². The molecule has 9 heteroatoms. The van der Waals surface area contributed by atoms with Gasteiger partial charge in [-0.25, -0.2) is 13.8 Å². The van der Waals surface area contributed by atoms with Gasteiger partial charge in [0.25, 0.3) is 0 Å². The van der Waals surface area contributed by atoms with Crippen molar-refractivity contribution < 1.29 is 13.7 Å². The molecule has 2 aromatic rings. The molecule has 20 heavy (non-hydrogen) atoms. The van der Waals surface area contributed by atoms with Crippen molar-refractivity contribution >= 4 is 23.1 Å². The van der Waals surface area contributed by atoms with E-state index in [9.17, 15) is 18.9 Å². The molecule has 104 valence electrons. The van der Waals surface area contributed by atoms with E-state index in [1.807, 2.05) is 0 Å². The molecule has 1 aromatic heterocycles. The highest BCUT2D eigenvalue weighted by atomic mass is 19.2. The van der Waals surface area contributed by atoms with Crippen LogP contribution in [0.4, 0.5) is 31.9 Å². The third-order valence-corrected chi connectivity index (χ3v) is 2.44. The number of nitrogens with one attached hydrogen (secondary N) is 1. The summed E-state index contributed by atoms with van der Waals surface area (Å²) in [6, 6.07) is 2.96. The zero-order valence-electron chi connectivity index (χ0n) is 10.2. The molecule has 0 spiro atoms. The topological polar surface area (TPSA) is 107 Å². The Balaban J connectivity index is 2.47. The van der Waals surface area contributed by atoms with Crippen LogP contribution in [0.3, 0.4) is 0 Å². The van der Waals surface area contributed by atoms with Crippen LogP contribution in [0.5, 0.6) is 0 Å². The lowest BCUT2D eigenvalue weighted by atomic mass is 10.3. The fourth-order valence-corrected chi connectivity index (χ4v) is 1.60. The molecule has 0 amide bonds. The number of hydrogen-bond donors (Lipinski definition) is 2. The molecule has 0 atom stereocenters. The average molecular weight is 281 g/mol. The van der Waals surface area contributed by atoms with Crippen LogP contribution < -0.4 is 11.1 Å². The summed E-state index contributed by atoms with van der Waals surface area (Å²) in [4.78, 5) is 17.7. The van der Waals surface area contributed by atoms with E-state index in [1.54, 1.807) is 0 Å². The second-order valence-corrected chi connectivity index (χ2v) is 3.88. The van der Waals surface area contributed by atoms with Crippen LogP contribution in [0.1, 0.15) is 5.69 Å². The first-order valence-electron chi connectivity index (χ1n) is 5.39. The molecular weight excluding hydrogens is 272 g/mol. The number of aryl methyl sites for hydroxylation is 1. The van der Waals surface area contributed by atoms with E-state index in [0.29, 0.717) is 0 Å². The summed E-state index contributed by atoms with van der Waals surface area (Å²) in [7, 11) is 0. The first-order chi connectivity index (χ1) is 9.38. The van der Waals surface area contributed by atoms with Crippen LogP contribution in [0.2, 0.25) is 0 Å². The van der Waals surface area contributed by atoms with Crippen LogP contribution >= 0.6 is 0 Å². The van der Waals surface area contributed by atoms with Crippen LogP contribution in [0.25, 0.3) is 0 Å². The van der Waals surface area contributed by atoms with Crippen LogP contribution in [-0.2, 0) is 0 Å². The van der Waals surface area contributed by atoms with Crippen LogP contribution in [-0.4, -0.2) is 14.9 Å². The molecule has 0 unspecified atom stereocenters. The van der Waals surface area contributed by atoms with Gasteiger partial charge in [-0.3, -0.25) is 10.1 Å². The predicted octanol–water partition coefficient (Wildman–Crippen LogP) is 2.30. The smallest absolute Gasteiger partial charge is 0.332 e. The van der Waals surface area contributed by atoms with E-state index in [-0.39, 0.29) is 28.8 Å². The van der Waals surface area contributed by atoms with E-state index in [0.717, 1.165) is 12.1 Å². The average Bonchev–Trinajstić information content (AvgIpc) is 2.32. The zero-order chi connectivity index (χ0) is 14.9. The largest absolute Gasteiger partial charge is 0.368 e. The quantitative estimate of drug-likeness (QED) is 0.660. The summed E-state index contributed by atoms with van der Waals surface area (Å²) in [6.45, 7) is 1.40. The minimum atomic E-state index is -1.09. The number of aromatic nitrogens is 2. The number of anilines is 3. The van der Waals surface area contributed by atoms with Crippen molar-refractivity contribution in [3.05, 3.63) is 45.6 Å². The fourth-order valence-electron chi connectivity index (χ4n) is 1.60. The van der Waals surface area contributed by atoms with Gasteiger partial charge in [0, 0.05) is 11.8 Å². The van der Waals surface area contributed by atoms with E-state index < -0.39 is 16.6 Å². The number of hydrogen-bond acceptors (Lipinski definition) is 6. The number of halogens is 2. The third kappa shape index (κ3) is 2.60. The molecule has 7 nitrogen and oxygen atoms in total. The Bertz CT molecular complexity index is 693. The first kappa shape index (κ1) is 13.6. The highest BCUT2D eigenvalue weighted by Gasteiger charge is 2.21. The van der Waals surface area contributed by atoms with Crippen molar-refractivity contribution in [3.8, 4) is 0 Å². The minimum Gasteiger partial charge on any atom is -0.368 e. The van der Waals surface area contributed by atoms with Gasteiger partial charge in [-0.05, 0) is 19.1 Å². The zero-order valence-corrected chi connectivity index (χ0v) is 10.2. The molecule has 0 fully saturated rings. The van der Waals surface area contributed by atoms with Gasteiger partial charge in [0.1, 0.15) is 5.69 Å². The monoisotopic (exact) mass is 281 g/mol. The molecule has 0 bridgehead atoms. The van der Waals surface area contributed by atoms with Crippen LogP contribution in [0.15, 0.2) is 18.2 Å². The fraction of sp³-hybridized carbons (Fsp3) is 0.0909. The molecule has 3 N–H and O–H groups in total. The van der Waals surface area contributed by atoms with Gasteiger partial charge in [-0.2, -0.15) is 4.98 Å². The van der Waals surface area contributed by atoms with E-state index >= 15 is 0 Å². The summed E-state index contributed by atoms with van der Waals surface area (Å²) < 4.78 is 25.9. The van der Waals surface area contributed by atoms with E-state index in [4.69, 9.17) is 5.73 Å². The van der Waals surface area contributed by atoms with Gasteiger partial charge in [-0.15, -0.1) is 0 Å². The Morgan fingerprint density at radius 3 is 2.60 bits per heavy atom. The Morgan fingerprint density at radius 1 is 1.30 bits per heavy atom. The molecule has 0 aliphatic carbocycles.